The van der Waals surface area contributed by atoms with E-state index in [9.17, 15) is 9.00 Å². The van der Waals surface area contributed by atoms with Gasteiger partial charge in [-0.3, -0.25) is 0 Å². The first kappa shape index (κ1) is 13.2. The Hall–Kier alpha value is -2.28. The summed E-state index contributed by atoms with van der Waals surface area (Å²) in [6, 6.07) is 5.39. The molecule has 1 heterocycles. The first-order chi connectivity index (χ1) is 8.91. The largest absolute Gasteiger partial charge is 0.478 e. The average molecular weight is 277 g/mol. The molecule has 0 spiro atoms. The molecule has 1 unspecified atom stereocenters. The molecule has 0 fully saturated rings. The van der Waals surface area contributed by atoms with Gasteiger partial charge in [-0.25, -0.2) is 23.8 Å². The van der Waals surface area contributed by atoms with Crippen molar-refractivity contribution >= 4 is 15.7 Å². The third kappa shape index (κ3) is 2.60. The molecule has 0 saturated carbocycles. The van der Waals surface area contributed by atoms with Crippen molar-refractivity contribution in [2.75, 3.05) is 0 Å². The molecule has 1 aromatic carbocycles. The number of aromatic nitrogens is 2. The molecule has 0 aliphatic rings. The molecule has 19 heavy (non-hydrogen) atoms. The smallest absolute Gasteiger partial charge is 0.335 e. The summed E-state index contributed by atoms with van der Waals surface area (Å²) in [6.45, 7) is 1.69. The topological polar surface area (TPSA) is 104 Å². The van der Waals surface area contributed by atoms with Gasteiger partial charge in [0.25, 0.3) is 0 Å². The summed E-state index contributed by atoms with van der Waals surface area (Å²) in [7, 11) is -3.22. The van der Waals surface area contributed by atoms with Gasteiger partial charge < -0.3 is 5.11 Å². The molecule has 1 aromatic heterocycles. The maximum atomic E-state index is 12.4. The van der Waals surface area contributed by atoms with Gasteiger partial charge in [0, 0.05) is 12.4 Å². The van der Waals surface area contributed by atoms with Crippen molar-refractivity contribution in [2.24, 2.45) is 0 Å². The molecule has 0 aliphatic carbocycles. The van der Waals surface area contributed by atoms with Crippen LogP contribution in [0.1, 0.15) is 16.2 Å². The predicted octanol–water partition coefficient (Wildman–Crippen LogP) is 1.95. The predicted molar refractivity (Wildman–Crippen MR) is 67.6 cm³/mol. The van der Waals surface area contributed by atoms with Gasteiger partial charge >= 0.3 is 5.97 Å². The molecule has 98 valence electrons. The van der Waals surface area contributed by atoms with Crippen LogP contribution in [0.25, 0.3) is 0 Å². The lowest BCUT2D eigenvalue weighted by molar-refractivity contribution is 0.0697. The van der Waals surface area contributed by atoms with Crippen LogP contribution < -0.4 is 0 Å². The van der Waals surface area contributed by atoms with Crippen LogP contribution in [-0.2, 0) is 9.73 Å². The van der Waals surface area contributed by atoms with Crippen LogP contribution in [0.2, 0.25) is 0 Å². The summed E-state index contributed by atoms with van der Waals surface area (Å²) < 4.78 is 20.4. The van der Waals surface area contributed by atoms with E-state index in [1.807, 2.05) is 0 Å². The van der Waals surface area contributed by atoms with Crippen molar-refractivity contribution < 1.29 is 14.1 Å². The van der Waals surface area contributed by atoms with E-state index in [0.29, 0.717) is 5.82 Å². The number of carboxylic acid groups (broad SMARTS) is 1. The zero-order valence-corrected chi connectivity index (χ0v) is 10.8. The maximum absolute atomic E-state index is 12.4. The van der Waals surface area contributed by atoms with E-state index < -0.39 is 15.7 Å². The minimum atomic E-state index is -3.22. The number of nitrogens with one attached hydrogen (secondary N) is 1. The highest BCUT2D eigenvalue weighted by Gasteiger charge is 2.15. The average Bonchev–Trinajstić information content (AvgIpc) is 2.39. The number of aryl methyl sites for hydroxylation is 1. The zero-order chi connectivity index (χ0) is 14.0. The minimum Gasteiger partial charge on any atom is -0.478 e. The lowest BCUT2D eigenvalue weighted by Crippen LogP contribution is -2.03. The molecule has 0 bridgehead atoms. The Balaban J connectivity index is 2.44. The van der Waals surface area contributed by atoms with Crippen molar-refractivity contribution in [3.8, 4) is 0 Å². The van der Waals surface area contributed by atoms with Gasteiger partial charge in [0.15, 0.2) is 0 Å². The Morgan fingerprint density at radius 3 is 2.16 bits per heavy atom. The van der Waals surface area contributed by atoms with E-state index in [-0.39, 0.29) is 15.4 Å². The summed E-state index contributed by atoms with van der Waals surface area (Å²) in [6.07, 6.45) is 2.70. The SMILES string of the molecule is Cc1ncc(S(=N)(=O)c2ccc(C(=O)O)cc2)cn1. The van der Waals surface area contributed by atoms with Crippen LogP contribution in [0.4, 0.5) is 0 Å². The van der Waals surface area contributed by atoms with Gasteiger partial charge in [-0.1, -0.05) is 0 Å². The highest BCUT2D eigenvalue weighted by molar-refractivity contribution is 7.92. The van der Waals surface area contributed by atoms with Crippen LogP contribution in [0, 0.1) is 11.7 Å². The Morgan fingerprint density at radius 2 is 1.68 bits per heavy atom. The number of hydrogen-bond donors (Lipinski definition) is 2. The Kier molecular flexibility index (Phi) is 3.30. The molecule has 0 radical (unpaired) electrons. The second-order valence-electron chi connectivity index (χ2n) is 3.85. The monoisotopic (exact) mass is 277 g/mol. The lowest BCUT2D eigenvalue weighted by Gasteiger charge is -2.07. The quantitative estimate of drug-likeness (QED) is 0.892. The number of rotatable bonds is 3. The van der Waals surface area contributed by atoms with Gasteiger partial charge in [0.1, 0.15) is 15.6 Å². The maximum Gasteiger partial charge on any atom is 0.335 e. The van der Waals surface area contributed by atoms with Crippen LogP contribution in [0.15, 0.2) is 46.5 Å². The van der Waals surface area contributed by atoms with Crippen LogP contribution >= 0.6 is 0 Å². The molecule has 0 aliphatic heterocycles. The summed E-state index contributed by atoms with van der Waals surface area (Å²) in [5.41, 5.74) is 0.0825. The Morgan fingerprint density at radius 1 is 1.16 bits per heavy atom. The summed E-state index contributed by atoms with van der Waals surface area (Å²) >= 11 is 0. The molecule has 1 atom stereocenters. The molecule has 6 nitrogen and oxygen atoms in total. The van der Waals surface area contributed by atoms with E-state index in [0.717, 1.165) is 0 Å². The molecular formula is C12H11N3O3S. The molecular weight excluding hydrogens is 266 g/mol. The van der Waals surface area contributed by atoms with Crippen LogP contribution in [0.3, 0.4) is 0 Å². The van der Waals surface area contributed by atoms with Crippen molar-refractivity contribution in [3.05, 3.63) is 48.0 Å². The molecule has 7 heteroatoms. The molecule has 2 aromatic rings. The van der Waals surface area contributed by atoms with E-state index in [2.05, 4.69) is 9.97 Å². The number of hydrogen-bond acceptors (Lipinski definition) is 5. The summed E-state index contributed by atoms with van der Waals surface area (Å²) in [4.78, 5) is 19.0. The number of aromatic carboxylic acids is 1. The van der Waals surface area contributed by atoms with E-state index in [1.165, 1.54) is 36.7 Å². The van der Waals surface area contributed by atoms with Crippen LogP contribution in [-0.4, -0.2) is 25.3 Å². The first-order valence-corrected chi connectivity index (χ1v) is 6.88. The number of carboxylic acids is 1. The van der Waals surface area contributed by atoms with Gasteiger partial charge in [-0.05, 0) is 31.2 Å². The van der Waals surface area contributed by atoms with E-state index in [1.54, 1.807) is 6.92 Å². The standard InChI is InChI=1S/C12H11N3O3S/c1-8-14-6-11(7-15-8)19(13,18)10-4-2-9(3-5-10)12(16)17/h2-7,13H,1H3,(H,16,17). The highest BCUT2D eigenvalue weighted by atomic mass is 32.2. The molecule has 2 rings (SSSR count). The number of carbonyl (C=O) groups is 1. The van der Waals surface area contributed by atoms with Crippen molar-refractivity contribution in [2.45, 2.75) is 16.7 Å². The van der Waals surface area contributed by atoms with Crippen molar-refractivity contribution in [1.29, 1.82) is 4.78 Å². The van der Waals surface area contributed by atoms with Gasteiger partial charge in [0.2, 0.25) is 0 Å². The number of benzene rings is 1. The van der Waals surface area contributed by atoms with Crippen LogP contribution in [0.5, 0.6) is 0 Å². The van der Waals surface area contributed by atoms with Crippen molar-refractivity contribution in [3.63, 3.8) is 0 Å². The first-order valence-electron chi connectivity index (χ1n) is 5.32. The fourth-order valence-corrected chi connectivity index (χ4v) is 2.65. The molecule has 2 N–H and O–H groups in total. The minimum absolute atomic E-state index is 0.0825. The number of nitrogens with zero attached hydrogens (tertiary/aromatic N) is 2. The summed E-state index contributed by atoms with van der Waals surface area (Å²) in [5, 5.41) is 8.79. The van der Waals surface area contributed by atoms with Gasteiger partial charge in [-0.2, -0.15) is 0 Å². The molecule has 0 amide bonds. The highest BCUT2D eigenvalue weighted by Crippen LogP contribution is 2.20. The van der Waals surface area contributed by atoms with E-state index >= 15 is 0 Å². The Bertz CT molecular complexity index is 707. The normalized spacial score (nSPS) is 13.7. The van der Waals surface area contributed by atoms with E-state index in [4.69, 9.17) is 9.89 Å². The summed E-state index contributed by atoms with van der Waals surface area (Å²) in [5.74, 6) is -0.540. The Labute approximate surface area is 110 Å². The third-order valence-corrected chi connectivity index (χ3v) is 4.33. The second kappa shape index (κ2) is 4.77. The van der Waals surface area contributed by atoms with Crippen molar-refractivity contribution in [1.82, 2.24) is 9.97 Å². The fourth-order valence-electron chi connectivity index (χ4n) is 1.45. The van der Waals surface area contributed by atoms with Gasteiger partial charge in [-0.15, -0.1) is 0 Å². The fraction of sp³-hybridized carbons (Fsp3) is 0.0833. The molecule has 0 saturated heterocycles. The third-order valence-electron chi connectivity index (χ3n) is 2.52. The zero-order valence-electron chi connectivity index (χ0n) is 10.0. The lowest BCUT2D eigenvalue weighted by atomic mass is 10.2. The van der Waals surface area contributed by atoms with Gasteiger partial charge in [0.05, 0.1) is 15.4 Å². The second-order valence-corrected chi connectivity index (χ2v) is 5.91.